The van der Waals surface area contributed by atoms with Crippen LogP contribution in [0.15, 0.2) is 29.5 Å². The number of hydrogen-bond acceptors (Lipinski definition) is 6. The third-order valence-electron chi connectivity index (χ3n) is 1.85. The molecule has 2 aromatic rings. The number of furan rings is 1. The number of aromatic nitrogens is 2. The Bertz CT molecular complexity index is 632. The van der Waals surface area contributed by atoms with Crippen LogP contribution in [0.25, 0.3) is 6.08 Å². The fraction of sp³-hybridized carbons (Fsp3) is 0.100. The molecule has 2 heterocycles. The van der Waals surface area contributed by atoms with Crippen molar-refractivity contribution in [2.45, 2.75) is 12.1 Å². The number of halogens is 2. The molecule has 0 spiro atoms. The van der Waals surface area contributed by atoms with Crippen molar-refractivity contribution in [3.63, 3.8) is 0 Å². The van der Waals surface area contributed by atoms with Crippen molar-refractivity contribution < 1.29 is 18.7 Å². The minimum Gasteiger partial charge on any atom is -0.477 e. The summed E-state index contributed by atoms with van der Waals surface area (Å²) in [7, 11) is 0. The molecule has 0 saturated heterocycles. The van der Waals surface area contributed by atoms with Crippen LogP contribution in [0.5, 0.6) is 0 Å². The highest BCUT2D eigenvalue weighted by Gasteiger charge is 2.15. The molecular formula is C10H6BrIN2O4S. The maximum Gasteiger partial charge on any atom is 0.342 e. The van der Waals surface area contributed by atoms with Gasteiger partial charge in [-0.3, -0.25) is 0 Å². The number of carbonyl (C=O) groups is 1. The molecule has 0 amide bonds. The number of nitrogens with zero attached hydrogens (tertiary/aromatic N) is 2. The van der Waals surface area contributed by atoms with Gasteiger partial charge in [-0.05, 0) is 33.8 Å². The van der Waals surface area contributed by atoms with Crippen LogP contribution < -0.4 is 0 Å². The van der Waals surface area contributed by atoms with Gasteiger partial charge in [0.1, 0.15) is 10.7 Å². The maximum absolute atomic E-state index is 11.2. The summed E-state index contributed by atoms with van der Waals surface area (Å²) < 4.78 is 11.9. The molecule has 9 heteroatoms. The lowest BCUT2D eigenvalue weighted by Gasteiger charge is -1.96. The van der Waals surface area contributed by atoms with E-state index in [0.29, 0.717) is 15.4 Å². The van der Waals surface area contributed by atoms with Gasteiger partial charge in [-0.15, -0.1) is 10.2 Å². The van der Waals surface area contributed by atoms with Crippen LogP contribution >= 0.6 is 50.3 Å². The van der Waals surface area contributed by atoms with Gasteiger partial charge in [0.25, 0.3) is 5.22 Å². The van der Waals surface area contributed by atoms with Crippen molar-refractivity contribution in [3.8, 4) is 0 Å². The second-order valence-electron chi connectivity index (χ2n) is 3.27. The second kappa shape index (κ2) is 6.09. The van der Waals surface area contributed by atoms with Crippen molar-refractivity contribution in [3.05, 3.63) is 30.9 Å². The summed E-state index contributed by atoms with van der Waals surface area (Å²) in [5, 5.41) is 16.7. The Morgan fingerprint density at radius 3 is 2.74 bits per heavy atom. The zero-order chi connectivity index (χ0) is 14.0. The van der Waals surface area contributed by atoms with E-state index in [9.17, 15) is 4.79 Å². The highest BCUT2D eigenvalue weighted by atomic mass is 127. The van der Waals surface area contributed by atoms with E-state index in [1.54, 1.807) is 13.0 Å². The van der Waals surface area contributed by atoms with Crippen LogP contribution in [-0.4, -0.2) is 21.3 Å². The molecule has 100 valence electrons. The Morgan fingerprint density at radius 1 is 1.53 bits per heavy atom. The van der Waals surface area contributed by atoms with Gasteiger partial charge in [-0.2, -0.15) is 0 Å². The smallest absolute Gasteiger partial charge is 0.342 e. The van der Waals surface area contributed by atoms with Crippen molar-refractivity contribution in [2.75, 3.05) is 0 Å². The fourth-order valence-corrected chi connectivity index (χ4v) is 2.52. The number of thioether (sulfide) groups is 1. The third kappa shape index (κ3) is 3.83. The summed E-state index contributed by atoms with van der Waals surface area (Å²) in [6, 6.07) is 1.68. The first-order chi connectivity index (χ1) is 8.95. The molecule has 0 unspecified atom stereocenters. The molecule has 1 N–H and O–H groups in total. The normalized spacial score (nSPS) is 11.8. The zero-order valence-corrected chi connectivity index (χ0v) is 13.9. The summed E-state index contributed by atoms with van der Waals surface area (Å²) >= 11 is 6.16. The molecule has 0 radical (unpaired) electrons. The molecular weight excluding hydrogens is 451 g/mol. The molecule has 0 aliphatic rings. The Labute approximate surface area is 133 Å². The summed E-state index contributed by atoms with van der Waals surface area (Å²) in [6.45, 7) is 1.63. The van der Waals surface area contributed by atoms with Gasteiger partial charge in [-0.1, -0.05) is 0 Å². The van der Waals surface area contributed by atoms with Gasteiger partial charge in [0.2, 0.25) is 5.89 Å². The third-order valence-corrected chi connectivity index (χ3v) is 4.84. The number of rotatable bonds is 4. The summed E-state index contributed by atoms with van der Waals surface area (Å²) in [5.74, 6) is -0.289. The van der Waals surface area contributed by atoms with Gasteiger partial charge >= 0.3 is 5.97 Å². The highest BCUT2D eigenvalue weighted by Crippen LogP contribution is 2.30. The molecule has 0 bridgehead atoms. The molecule has 0 saturated carbocycles. The Kier molecular flexibility index (Phi) is 4.68. The number of hydrogen-bond donors (Lipinski definition) is 1. The van der Waals surface area contributed by atoms with Crippen molar-refractivity contribution in [2.24, 2.45) is 0 Å². The second-order valence-corrected chi connectivity index (χ2v) is 6.10. The molecule has 19 heavy (non-hydrogen) atoms. The SMILES string of the molecule is Cc1nnc(S/C(=C\c2cc(Br)c(I)o2)C(=O)O)o1. The maximum atomic E-state index is 11.2. The van der Waals surface area contributed by atoms with E-state index in [-0.39, 0.29) is 10.1 Å². The Hall–Kier alpha value is -0.810. The molecule has 6 nitrogen and oxygen atoms in total. The van der Waals surface area contributed by atoms with Gasteiger partial charge in [0.15, 0.2) is 3.77 Å². The lowest BCUT2D eigenvalue weighted by molar-refractivity contribution is -0.131. The molecule has 2 rings (SSSR count). The average Bonchev–Trinajstić information content (AvgIpc) is 2.85. The minimum atomic E-state index is -1.09. The highest BCUT2D eigenvalue weighted by molar-refractivity contribution is 14.1. The standard InChI is InChI=1S/C10H6BrIN2O4S/c1-4-13-14-10(17-4)19-7(9(15)16)3-5-2-6(11)8(12)18-5/h2-3H,1H3,(H,15,16)/b7-3-. The van der Waals surface area contributed by atoms with Gasteiger partial charge in [0, 0.05) is 35.6 Å². The monoisotopic (exact) mass is 456 g/mol. The first-order valence-electron chi connectivity index (χ1n) is 4.83. The average molecular weight is 457 g/mol. The predicted molar refractivity (Wildman–Crippen MR) is 79.6 cm³/mol. The first kappa shape index (κ1) is 14.6. The van der Waals surface area contributed by atoms with E-state index >= 15 is 0 Å². The predicted octanol–water partition coefficient (Wildman–Crippen LogP) is 3.56. The molecule has 2 aromatic heterocycles. The van der Waals surface area contributed by atoms with Crippen molar-refractivity contribution in [1.29, 1.82) is 0 Å². The molecule has 0 atom stereocenters. The van der Waals surface area contributed by atoms with Gasteiger partial charge in [-0.25, -0.2) is 4.79 Å². The Morgan fingerprint density at radius 2 is 2.26 bits per heavy atom. The van der Waals surface area contributed by atoms with E-state index in [1.165, 1.54) is 6.08 Å². The number of aryl methyl sites for hydroxylation is 1. The largest absolute Gasteiger partial charge is 0.477 e. The van der Waals surface area contributed by atoms with Crippen molar-refractivity contribution >= 4 is 62.3 Å². The quantitative estimate of drug-likeness (QED) is 0.427. The van der Waals surface area contributed by atoms with Crippen LogP contribution in [0, 0.1) is 10.7 Å². The number of carboxylic acids is 1. The van der Waals surface area contributed by atoms with E-state index < -0.39 is 5.97 Å². The summed E-state index contributed by atoms with van der Waals surface area (Å²) in [6.07, 6.45) is 1.40. The van der Waals surface area contributed by atoms with E-state index in [4.69, 9.17) is 13.9 Å². The molecule has 0 aliphatic carbocycles. The van der Waals surface area contributed by atoms with Crippen LogP contribution in [0.4, 0.5) is 0 Å². The lowest BCUT2D eigenvalue weighted by Crippen LogP contribution is -1.96. The fourth-order valence-electron chi connectivity index (χ4n) is 1.11. The van der Waals surface area contributed by atoms with Crippen LogP contribution in [0.2, 0.25) is 0 Å². The van der Waals surface area contributed by atoms with Crippen molar-refractivity contribution in [1.82, 2.24) is 10.2 Å². The van der Waals surface area contributed by atoms with Gasteiger partial charge in [0.05, 0.1) is 4.47 Å². The molecule has 0 aliphatic heterocycles. The summed E-state index contributed by atoms with van der Waals surface area (Å²) in [5.41, 5.74) is 0. The first-order valence-corrected chi connectivity index (χ1v) is 7.52. The number of aliphatic carboxylic acids is 1. The number of carboxylic acid groups (broad SMARTS) is 1. The summed E-state index contributed by atoms with van der Waals surface area (Å²) in [4.78, 5) is 11.2. The van der Waals surface area contributed by atoms with Crippen LogP contribution in [0.1, 0.15) is 11.7 Å². The lowest BCUT2D eigenvalue weighted by atomic mass is 10.4. The van der Waals surface area contributed by atoms with Gasteiger partial charge < -0.3 is 13.9 Å². The molecule has 0 aromatic carbocycles. The van der Waals surface area contributed by atoms with Crippen LogP contribution in [0.3, 0.4) is 0 Å². The molecule has 0 fully saturated rings. The topological polar surface area (TPSA) is 89.4 Å². The van der Waals surface area contributed by atoms with Crippen LogP contribution in [-0.2, 0) is 4.79 Å². The zero-order valence-electron chi connectivity index (χ0n) is 9.39. The Balaban J connectivity index is 2.27. The van der Waals surface area contributed by atoms with E-state index in [2.05, 4.69) is 26.1 Å². The minimum absolute atomic E-state index is 0.0290. The van der Waals surface area contributed by atoms with E-state index in [1.807, 2.05) is 22.6 Å². The van der Waals surface area contributed by atoms with E-state index in [0.717, 1.165) is 16.2 Å².